The number of alkyl halides is 6. The Hall–Kier alpha value is -3.24. The Labute approximate surface area is 153 Å². The van der Waals surface area contributed by atoms with E-state index in [1.165, 1.54) is 0 Å². The predicted octanol–water partition coefficient (Wildman–Crippen LogP) is 4.38. The van der Waals surface area contributed by atoms with Gasteiger partial charge in [0.05, 0.1) is 12.7 Å². The van der Waals surface area contributed by atoms with Crippen LogP contribution in [0, 0.1) is 0 Å². The van der Waals surface area contributed by atoms with Crippen molar-refractivity contribution in [1.29, 1.82) is 0 Å². The zero-order chi connectivity index (χ0) is 21.1. The molecule has 0 atom stereocenters. The molecule has 0 heterocycles. The zero-order valence-electron chi connectivity index (χ0n) is 13.9. The van der Waals surface area contributed by atoms with Crippen LogP contribution in [0.25, 0.3) is 11.1 Å². The third-order valence-electron chi connectivity index (χ3n) is 3.36. The van der Waals surface area contributed by atoms with Gasteiger partial charge in [-0.15, -0.1) is 13.2 Å². The van der Waals surface area contributed by atoms with Gasteiger partial charge in [0.25, 0.3) is 0 Å². The van der Waals surface area contributed by atoms with Gasteiger partial charge >= 0.3 is 24.4 Å². The van der Waals surface area contributed by atoms with E-state index in [4.69, 9.17) is 0 Å². The lowest BCUT2D eigenvalue weighted by Gasteiger charge is -2.15. The van der Waals surface area contributed by atoms with Crippen LogP contribution in [-0.4, -0.2) is 25.3 Å². The van der Waals surface area contributed by atoms with E-state index in [0.717, 1.165) is 43.5 Å². The van der Waals surface area contributed by atoms with Crippen molar-refractivity contribution in [2.45, 2.75) is 12.5 Å². The number of carbonyl (C=O) groups excluding carboxylic acids is 2. The smallest absolute Gasteiger partial charge is 0.462 e. The molecule has 1 N–H and O–H groups in total. The van der Waals surface area contributed by atoms with Crippen molar-refractivity contribution in [3.8, 4) is 16.9 Å². The van der Waals surface area contributed by atoms with Crippen molar-refractivity contribution in [3.05, 3.63) is 48.0 Å². The minimum atomic E-state index is -4.91. The highest BCUT2D eigenvalue weighted by molar-refractivity contribution is 6.37. The Kier molecular flexibility index (Phi) is 5.86. The van der Waals surface area contributed by atoms with E-state index in [-0.39, 0.29) is 16.8 Å². The SMILES string of the molecule is COC(=O)C(=O)Nc1cc(C(F)(F)F)ccc1-c1ccc(OC(F)(F)F)cc1. The molecular formula is C17H11F6NO4. The molecule has 0 aliphatic carbocycles. The first-order valence-corrected chi connectivity index (χ1v) is 7.37. The fourth-order valence-electron chi connectivity index (χ4n) is 2.18. The van der Waals surface area contributed by atoms with E-state index >= 15 is 0 Å². The standard InChI is InChI=1S/C17H11F6NO4/c1-27-15(26)14(25)24-13-8-10(16(18,19)20)4-7-12(13)9-2-5-11(6-3-9)28-17(21,22)23/h2-8H,1H3,(H,24,25). The first kappa shape index (κ1) is 21.1. The topological polar surface area (TPSA) is 64.6 Å². The van der Waals surface area contributed by atoms with E-state index in [1.807, 2.05) is 5.32 Å². The molecule has 0 unspecified atom stereocenters. The number of benzene rings is 2. The third kappa shape index (κ3) is 5.38. The number of ether oxygens (including phenoxy) is 2. The molecule has 0 fully saturated rings. The minimum absolute atomic E-state index is 0.0313. The van der Waals surface area contributed by atoms with E-state index in [2.05, 4.69) is 9.47 Å². The van der Waals surface area contributed by atoms with Gasteiger partial charge in [0, 0.05) is 11.3 Å². The van der Waals surface area contributed by atoms with Crippen molar-refractivity contribution in [2.24, 2.45) is 0 Å². The molecule has 0 aliphatic rings. The van der Waals surface area contributed by atoms with Gasteiger partial charge < -0.3 is 14.8 Å². The quantitative estimate of drug-likeness (QED) is 0.466. The van der Waals surface area contributed by atoms with E-state index in [0.29, 0.717) is 6.07 Å². The molecule has 0 aliphatic heterocycles. The summed E-state index contributed by atoms with van der Waals surface area (Å²) >= 11 is 0. The Morgan fingerprint density at radius 3 is 2.04 bits per heavy atom. The van der Waals surface area contributed by atoms with Gasteiger partial charge in [-0.25, -0.2) is 4.79 Å². The number of esters is 1. The summed E-state index contributed by atoms with van der Waals surface area (Å²) in [7, 11) is 0.911. The first-order valence-electron chi connectivity index (χ1n) is 7.37. The summed E-state index contributed by atoms with van der Waals surface area (Å²) in [5.74, 6) is -3.19. The highest BCUT2D eigenvalue weighted by Crippen LogP contribution is 2.36. The lowest BCUT2D eigenvalue weighted by Crippen LogP contribution is -2.24. The summed E-state index contributed by atoms with van der Waals surface area (Å²) < 4.78 is 83.4. The second kappa shape index (κ2) is 7.79. The van der Waals surface area contributed by atoms with E-state index < -0.39 is 35.7 Å². The monoisotopic (exact) mass is 407 g/mol. The number of hydrogen-bond donors (Lipinski definition) is 1. The van der Waals surface area contributed by atoms with E-state index in [9.17, 15) is 35.9 Å². The van der Waals surface area contributed by atoms with Gasteiger partial charge in [0.2, 0.25) is 0 Å². The Morgan fingerprint density at radius 2 is 1.54 bits per heavy atom. The maximum atomic E-state index is 12.9. The third-order valence-corrected chi connectivity index (χ3v) is 3.36. The molecule has 0 saturated heterocycles. The summed E-state index contributed by atoms with van der Waals surface area (Å²) in [5.41, 5.74) is -1.28. The number of anilines is 1. The lowest BCUT2D eigenvalue weighted by molar-refractivity contribution is -0.274. The number of amides is 1. The molecule has 0 saturated carbocycles. The van der Waals surface area contributed by atoms with Gasteiger partial charge in [0.15, 0.2) is 0 Å². The fourth-order valence-corrected chi connectivity index (χ4v) is 2.18. The molecule has 1 amide bonds. The van der Waals surface area contributed by atoms with Crippen LogP contribution < -0.4 is 10.1 Å². The molecule has 0 spiro atoms. The van der Waals surface area contributed by atoms with Crippen LogP contribution in [0.3, 0.4) is 0 Å². The van der Waals surface area contributed by atoms with Crippen molar-refractivity contribution in [2.75, 3.05) is 12.4 Å². The largest absolute Gasteiger partial charge is 0.573 e. The summed E-state index contributed by atoms with van der Waals surface area (Å²) in [4.78, 5) is 22.9. The van der Waals surface area contributed by atoms with Crippen LogP contribution in [-0.2, 0) is 20.5 Å². The summed E-state index contributed by atoms with van der Waals surface area (Å²) in [5, 5.41) is 2.00. The molecule has 2 aromatic carbocycles. The van der Waals surface area contributed by atoms with Crippen LogP contribution in [0.2, 0.25) is 0 Å². The molecule has 28 heavy (non-hydrogen) atoms. The molecule has 0 bridgehead atoms. The predicted molar refractivity (Wildman–Crippen MR) is 84.2 cm³/mol. The second-order valence-corrected chi connectivity index (χ2v) is 5.28. The van der Waals surface area contributed by atoms with Crippen LogP contribution in [0.15, 0.2) is 42.5 Å². The van der Waals surface area contributed by atoms with E-state index in [1.54, 1.807) is 0 Å². The summed E-state index contributed by atoms with van der Waals surface area (Å²) in [6, 6.07) is 6.53. The maximum absolute atomic E-state index is 12.9. The zero-order valence-corrected chi connectivity index (χ0v) is 13.9. The molecule has 150 valence electrons. The number of nitrogens with one attached hydrogen (secondary N) is 1. The van der Waals surface area contributed by atoms with Crippen molar-refractivity contribution >= 4 is 17.6 Å². The van der Waals surface area contributed by atoms with Crippen LogP contribution in [0.5, 0.6) is 5.75 Å². The molecule has 2 aromatic rings. The molecule has 2 rings (SSSR count). The number of methoxy groups -OCH3 is 1. The van der Waals surface area contributed by atoms with Crippen molar-refractivity contribution < 1.29 is 45.4 Å². The number of hydrogen-bond acceptors (Lipinski definition) is 4. The molecule has 5 nitrogen and oxygen atoms in total. The van der Waals surface area contributed by atoms with Gasteiger partial charge in [-0.2, -0.15) is 13.2 Å². The molecule has 0 radical (unpaired) electrons. The molecular weight excluding hydrogens is 396 g/mol. The first-order chi connectivity index (χ1) is 12.9. The number of rotatable bonds is 3. The Balaban J connectivity index is 2.44. The van der Waals surface area contributed by atoms with Gasteiger partial charge in [-0.1, -0.05) is 18.2 Å². The minimum Gasteiger partial charge on any atom is -0.462 e. The molecule has 11 heteroatoms. The lowest BCUT2D eigenvalue weighted by atomic mass is 10.0. The van der Waals surface area contributed by atoms with Gasteiger partial charge in [0.1, 0.15) is 5.75 Å². The van der Waals surface area contributed by atoms with Crippen molar-refractivity contribution in [1.82, 2.24) is 0 Å². The normalized spacial score (nSPS) is 11.7. The Morgan fingerprint density at radius 1 is 0.929 bits per heavy atom. The second-order valence-electron chi connectivity index (χ2n) is 5.28. The fraction of sp³-hybridized carbons (Fsp3) is 0.176. The molecule has 0 aromatic heterocycles. The van der Waals surface area contributed by atoms with Gasteiger partial charge in [-0.3, -0.25) is 4.79 Å². The highest BCUT2D eigenvalue weighted by Gasteiger charge is 2.32. The van der Waals surface area contributed by atoms with Crippen molar-refractivity contribution in [3.63, 3.8) is 0 Å². The number of carbonyl (C=O) groups is 2. The summed E-state index contributed by atoms with van der Waals surface area (Å²) in [6.45, 7) is 0. The van der Waals surface area contributed by atoms with Crippen LogP contribution in [0.4, 0.5) is 32.0 Å². The van der Waals surface area contributed by atoms with Gasteiger partial charge in [-0.05, 0) is 29.8 Å². The van der Waals surface area contributed by atoms with Crippen LogP contribution in [0.1, 0.15) is 5.56 Å². The number of halogens is 6. The van der Waals surface area contributed by atoms with Crippen LogP contribution >= 0.6 is 0 Å². The summed E-state index contributed by atoms with van der Waals surface area (Å²) in [6.07, 6.45) is -9.64. The average Bonchev–Trinajstić information content (AvgIpc) is 2.59. The average molecular weight is 407 g/mol. The maximum Gasteiger partial charge on any atom is 0.573 e. The highest BCUT2D eigenvalue weighted by atomic mass is 19.4. The Bertz CT molecular complexity index is 875.